The van der Waals surface area contributed by atoms with E-state index < -0.39 is 5.97 Å². The molecule has 1 aromatic carbocycles. The zero-order valence-corrected chi connectivity index (χ0v) is 11.1. The molecule has 1 aromatic heterocycles. The molecule has 9 heteroatoms. The van der Waals surface area contributed by atoms with Crippen LogP contribution in [0.15, 0.2) is 39.1 Å². The molecular weight excluding hydrogens is 276 g/mol. The van der Waals surface area contributed by atoms with Crippen LogP contribution in [0.4, 0.5) is 5.82 Å². The second-order valence-corrected chi connectivity index (χ2v) is 3.84. The van der Waals surface area contributed by atoms with E-state index in [0.29, 0.717) is 5.56 Å². The van der Waals surface area contributed by atoms with E-state index in [0.717, 1.165) is 5.56 Å². The molecule has 0 aliphatic carbocycles. The Labute approximate surface area is 119 Å². The Balaban J connectivity index is 2.08. The first-order valence-corrected chi connectivity index (χ1v) is 5.75. The molecule has 0 fully saturated rings. The van der Waals surface area contributed by atoms with Crippen molar-refractivity contribution in [2.75, 3.05) is 12.8 Å². The fourth-order valence-electron chi connectivity index (χ4n) is 1.40. The van der Waals surface area contributed by atoms with Gasteiger partial charge in [-0.15, -0.1) is 5.10 Å². The number of aromatic nitrogens is 2. The fourth-order valence-corrected chi connectivity index (χ4v) is 1.40. The van der Waals surface area contributed by atoms with Gasteiger partial charge in [0.15, 0.2) is 17.3 Å². The first-order chi connectivity index (χ1) is 10.1. The number of nitrogens with zero attached hydrogens (tertiary/aromatic N) is 4. The number of anilines is 1. The SMILES string of the molecule is COC(=O)c1ccc(/C=N/N=C(\N)c2nonc2N)cc1. The Morgan fingerprint density at radius 2 is 2.05 bits per heavy atom. The molecule has 0 saturated heterocycles. The monoisotopic (exact) mass is 288 g/mol. The topological polar surface area (TPSA) is 142 Å². The largest absolute Gasteiger partial charge is 0.465 e. The van der Waals surface area contributed by atoms with Gasteiger partial charge < -0.3 is 16.2 Å². The minimum atomic E-state index is -0.408. The molecule has 0 amide bonds. The molecular formula is C12H12N6O3. The maximum atomic E-state index is 11.3. The normalized spacial score (nSPS) is 11.8. The number of methoxy groups -OCH3 is 1. The number of carbonyl (C=O) groups is 1. The second kappa shape index (κ2) is 6.28. The molecule has 0 aliphatic rings. The Morgan fingerprint density at radius 3 is 2.62 bits per heavy atom. The summed E-state index contributed by atoms with van der Waals surface area (Å²) in [6, 6.07) is 6.60. The summed E-state index contributed by atoms with van der Waals surface area (Å²) in [5.41, 5.74) is 12.4. The van der Waals surface area contributed by atoms with Crippen LogP contribution >= 0.6 is 0 Å². The van der Waals surface area contributed by atoms with E-state index in [1.165, 1.54) is 13.3 Å². The Kier molecular flexibility index (Phi) is 4.24. The standard InChI is InChI=1S/C12H12N6O3/c1-20-12(19)8-4-2-7(3-5-8)6-15-16-10(13)9-11(14)18-21-17-9/h2-6H,1H3,(H2,13,16)(H2,14,18)/b15-6+. The van der Waals surface area contributed by atoms with Gasteiger partial charge in [-0.3, -0.25) is 0 Å². The third-order valence-electron chi connectivity index (χ3n) is 2.46. The Hall–Kier alpha value is -3.23. The maximum absolute atomic E-state index is 11.3. The highest BCUT2D eigenvalue weighted by Crippen LogP contribution is 2.05. The van der Waals surface area contributed by atoms with Gasteiger partial charge in [0.1, 0.15) is 0 Å². The van der Waals surface area contributed by atoms with Gasteiger partial charge in [0, 0.05) is 0 Å². The van der Waals surface area contributed by atoms with Gasteiger partial charge in [-0.2, -0.15) is 5.10 Å². The summed E-state index contributed by atoms with van der Waals surface area (Å²) in [6.45, 7) is 0. The van der Waals surface area contributed by atoms with Gasteiger partial charge >= 0.3 is 5.97 Å². The summed E-state index contributed by atoms with van der Waals surface area (Å²) >= 11 is 0. The number of hydrogen-bond donors (Lipinski definition) is 2. The molecule has 108 valence electrons. The molecule has 0 unspecified atom stereocenters. The summed E-state index contributed by atoms with van der Waals surface area (Å²) in [5, 5.41) is 14.4. The number of amidine groups is 1. The smallest absolute Gasteiger partial charge is 0.337 e. The molecule has 2 rings (SSSR count). The van der Waals surface area contributed by atoms with E-state index in [1.54, 1.807) is 24.3 Å². The first-order valence-electron chi connectivity index (χ1n) is 5.75. The van der Waals surface area contributed by atoms with Crippen molar-refractivity contribution in [1.82, 2.24) is 10.3 Å². The van der Waals surface area contributed by atoms with Crippen molar-refractivity contribution >= 4 is 23.8 Å². The van der Waals surface area contributed by atoms with Crippen LogP contribution < -0.4 is 11.5 Å². The minimum absolute atomic E-state index is 0.0174. The molecule has 0 radical (unpaired) electrons. The Bertz CT molecular complexity index is 689. The summed E-state index contributed by atoms with van der Waals surface area (Å²) in [5.74, 6) is -0.389. The number of ether oxygens (including phenoxy) is 1. The fraction of sp³-hybridized carbons (Fsp3) is 0.0833. The molecule has 2 aromatic rings. The molecule has 0 atom stereocenters. The van der Waals surface area contributed by atoms with Gasteiger partial charge in [-0.05, 0) is 28.0 Å². The molecule has 1 heterocycles. The number of nitrogens with two attached hydrogens (primary N) is 2. The van der Waals surface area contributed by atoms with Crippen molar-refractivity contribution in [2.24, 2.45) is 15.9 Å². The van der Waals surface area contributed by atoms with Crippen LogP contribution in [-0.4, -0.2) is 35.4 Å². The molecule has 0 bridgehead atoms. The predicted octanol–water partition coefficient (Wildman–Crippen LogP) is 0.178. The summed E-state index contributed by atoms with van der Waals surface area (Å²) in [4.78, 5) is 11.3. The summed E-state index contributed by atoms with van der Waals surface area (Å²) in [6.07, 6.45) is 1.46. The van der Waals surface area contributed by atoms with E-state index in [9.17, 15) is 4.79 Å². The molecule has 0 saturated carbocycles. The zero-order valence-electron chi connectivity index (χ0n) is 11.1. The minimum Gasteiger partial charge on any atom is -0.465 e. The number of hydrogen-bond acceptors (Lipinski definition) is 8. The Morgan fingerprint density at radius 1 is 1.33 bits per heavy atom. The maximum Gasteiger partial charge on any atom is 0.337 e. The lowest BCUT2D eigenvalue weighted by Crippen LogP contribution is -2.15. The van der Waals surface area contributed by atoms with Gasteiger partial charge in [0.2, 0.25) is 0 Å². The van der Waals surface area contributed by atoms with Crippen LogP contribution in [0.25, 0.3) is 0 Å². The van der Waals surface area contributed by atoms with Crippen LogP contribution in [0, 0.1) is 0 Å². The van der Waals surface area contributed by atoms with E-state index in [2.05, 4.69) is 29.9 Å². The number of nitrogen functional groups attached to an aromatic ring is 1. The number of esters is 1. The lowest BCUT2D eigenvalue weighted by molar-refractivity contribution is 0.0600. The highest BCUT2D eigenvalue weighted by molar-refractivity contribution is 5.99. The van der Waals surface area contributed by atoms with Crippen molar-refractivity contribution in [3.05, 3.63) is 41.1 Å². The molecule has 21 heavy (non-hydrogen) atoms. The van der Waals surface area contributed by atoms with Crippen molar-refractivity contribution in [2.45, 2.75) is 0 Å². The van der Waals surface area contributed by atoms with Gasteiger partial charge in [-0.25, -0.2) is 9.42 Å². The van der Waals surface area contributed by atoms with Crippen molar-refractivity contribution in [1.29, 1.82) is 0 Å². The number of carbonyl (C=O) groups excluding carboxylic acids is 1. The lowest BCUT2D eigenvalue weighted by atomic mass is 10.1. The average Bonchev–Trinajstić information content (AvgIpc) is 2.93. The summed E-state index contributed by atoms with van der Waals surface area (Å²) < 4.78 is 8.99. The summed E-state index contributed by atoms with van der Waals surface area (Å²) in [7, 11) is 1.32. The first kappa shape index (κ1) is 14.2. The highest BCUT2D eigenvalue weighted by Gasteiger charge is 2.09. The van der Waals surface area contributed by atoms with Gasteiger partial charge in [-0.1, -0.05) is 12.1 Å². The van der Waals surface area contributed by atoms with Crippen LogP contribution in [0.5, 0.6) is 0 Å². The van der Waals surface area contributed by atoms with Gasteiger partial charge in [0.25, 0.3) is 0 Å². The van der Waals surface area contributed by atoms with Crippen molar-refractivity contribution in [3.8, 4) is 0 Å². The van der Waals surface area contributed by atoms with E-state index in [1.807, 2.05) is 0 Å². The zero-order chi connectivity index (χ0) is 15.2. The second-order valence-electron chi connectivity index (χ2n) is 3.84. The lowest BCUT2D eigenvalue weighted by Gasteiger charge is -1.98. The van der Waals surface area contributed by atoms with E-state index in [4.69, 9.17) is 11.5 Å². The highest BCUT2D eigenvalue weighted by atomic mass is 16.6. The van der Waals surface area contributed by atoms with Crippen LogP contribution in [0.1, 0.15) is 21.6 Å². The molecule has 9 nitrogen and oxygen atoms in total. The van der Waals surface area contributed by atoms with Crippen molar-refractivity contribution in [3.63, 3.8) is 0 Å². The van der Waals surface area contributed by atoms with Crippen molar-refractivity contribution < 1.29 is 14.2 Å². The molecule has 0 spiro atoms. The third kappa shape index (κ3) is 3.41. The molecule has 0 aliphatic heterocycles. The predicted molar refractivity (Wildman–Crippen MR) is 74.8 cm³/mol. The van der Waals surface area contributed by atoms with E-state index >= 15 is 0 Å². The van der Waals surface area contributed by atoms with Crippen LogP contribution in [0.2, 0.25) is 0 Å². The van der Waals surface area contributed by atoms with Crippen LogP contribution in [0.3, 0.4) is 0 Å². The molecule has 4 N–H and O–H groups in total. The number of benzene rings is 1. The average molecular weight is 288 g/mol. The van der Waals surface area contributed by atoms with E-state index in [-0.39, 0.29) is 17.3 Å². The quantitative estimate of drug-likeness (QED) is 0.353. The third-order valence-corrected chi connectivity index (χ3v) is 2.46. The van der Waals surface area contributed by atoms with Crippen LogP contribution in [-0.2, 0) is 4.74 Å². The van der Waals surface area contributed by atoms with Gasteiger partial charge in [0.05, 0.1) is 18.9 Å². The number of rotatable bonds is 4.